The largest absolute Gasteiger partial charge is 0.506 e. The molecule has 0 unspecified atom stereocenters. The Bertz CT molecular complexity index is 831. The van der Waals surface area contributed by atoms with E-state index in [9.17, 15) is 9.90 Å². The van der Waals surface area contributed by atoms with Crippen molar-refractivity contribution in [2.24, 2.45) is 0 Å². The van der Waals surface area contributed by atoms with Crippen LogP contribution in [-0.4, -0.2) is 11.0 Å². The van der Waals surface area contributed by atoms with Crippen molar-refractivity contribution < 1.29 is 14.6 Å². The fourth-order valence-electron chi connectivity index (χ4n) is 2.28. The second kappa shape index (κ2) is 7.33. The number of carbonyl (C=O) groups is 1. The zero-order valence-corrected chi connectivity index (χ0v) is 13.0. The Morgan fingerprint density at radius 1 is 0.875 bits per heavy atom. The Balaban J connectivity index is 1.76. The lowest BCUT2D eigenvalue weighted by atomic mass is 10.1. The van der Waals surface area contributed by atoms with E-state index in [1.807, 2.05) is 36.4 Å². The number of nitrogens with one attached hydrogen (secondary N) is 1. The van der Waals surface area contributed by atoms with Crippen LogP contribution in [-0.2, 0) is 6.61 Å². The zero-order valence-electron chi connectivity index (χ0n) is 13.0. The first-order valence-corrected chi connectivity index (χ1v) is 7.59. The van der Waals surface area contributed by atoms with E-state index in [2.05, 4.69) is 5.32 Å². The molecule has 0 spiro atoms. The van der Waals surface area contributed by atoms with Crippen LogP contribution in [0.5, 0.6) is 11.5 Å². The molecule has 0 saturated heterocycles. The van der Waals surface area contributed by atoms with Crippen molar-refractivity contribution in [1.82, 2.24) is 0 Å². The van der Waals surface area contributed by atoms with Gasteiger partial charge in [0.25, 0.3) is 5.91 Å². The fraction of sp³-hybridized carbons (Fsp3) is 0.0500. The quantitative estimate of drug-likeness (QED) is 0.692. The van der Waals surface area contributed by atoms with E-state index in [0.717, 1.165) is 5.56 Å². The van der Waals surface area contributed by atoms with Crippen LogP contribution in [0.2, 0.25) is 0 Å². The van der Waals surface area contributed by atoms with Crippen LogP contribution in [0, 0.1) is 0 Å². The number of phenolic OH excluding ortho intramolecular Hbond substituents is 1. The van der Waals surface area contributed by atoms with E-state index < -0.39 is 0 Å². The van der Waals surface area contributed by atoms with Gasteiger partial charge < -0.3 is 15.2 Å². The molecule has 0 aliphatic heterocycles. The van der Waals surface area contributed by atoms with Gasteiger partial charge in [-0.1, -0.05) is 54.6 Å². The fourth-order valence-corrected chi connectivity index (χ4v) is 2.28. The monoisotopic (exact) mass is 319 g/mol. The van der Waals surface area contributed by atoms with E-state index in [1.54, 1.807) is 36.4 Å². The van der Waals surface area contributed by atoms with Crippen molar-refractivity contribution in [3.8, 4) is 11.5 Å². The lowest BCUT2D eigenvalue weighted by Crippen LogP contribution is -2.13. The molecule has 0 aliphatic rings. The van der Waals surface area contributed by atoms with E-state index in [0.29, 0.717) is 23.6 Å². The van der Waals surface area contributed by atoms with Crippen molar-refractivity contribution in [1.29, 1.82) is 0 Å². The van der Waals surface area contributed by atoms with Gasteiger partial charge >= 0.3 is 0 Å². The van der Waals surface area contributed by atoms with E-state index in [1.165, 1.54) is 6.07 Å². The van der Waals surface area contributed by atoms with Gasteiger partial charge in [-0.2, -0.15) is 0 Å². The molecule has 1 amide bonds. The average molecular weight is 319 g/mol. The number of hydrogen-bond donors (Lipinski definition) is 2. The number of phenols is 1. The molecule has 0 aromatic heterocycles. The molecule has 3 rings (SSSR count). The first kappa shape index (κ1) is 15.6. The van der Waals surface area contributed by atoms with Gasteiger partial charge in [0.1, 0.15) is 18.1 Å². The highest BCUT2D eigenvalue weighted by atomic mass is 16.5. The molecule has 24 heavy (non-hydrogen) atoms. The summed E-state index contributed by atoms with van der Waals surface area (Å²) < 4.78 is 5.79. The van der Waals surface area contributed by atoms with Crippen molar-refractivity contribution in [2.75, 3.05) is 5.32 Å². The molecule has 0 atom stereocenters. The van der Waals surface area contributed by atoms with Crippen LogP contribution in [0.25, 0.3) is 0 Å². The Kier molecular flexibility index (Phi) is 4.77. The van der Waals surface area contributed by atoms with Gasteiger partial charge in [0.05, 0.1) is 11.3 Å². The van der Waals surface area contributed by atoms with Crippen LogP contribution in [0.1, 0.15) is 15.9 Å². The Morgan fingerprint density at radius 3 is 2.33 bits per heavy atom. The van der Waals surface area contributed by atoms with Gasteiger partial charge in [0.15, 0.2) is 0 Å². The van der Waals surface area contributed by atoms with Gasteiger partial charge in [-0.25, -0.2) is 0 Å². The van der Waals surface area contributed by atoms with E-state index in [-0.39, 0.29) is 11.7 Å². The first-order chi connectivity index (χ1) is 11.7. The maximum absolute atomic E-state index is 12.5. The number of hydrogen-bond acceptors (Lipinski definition) is 3. The van der Waals surface area contributed by atoms with Gasteiger partial charge in [-0.3, -0.25) is 4.79 Å². The summed E-state index contributed by atoms with van der Waals surface area (Å²) in [6.07, 6.45) is 0. The third-order valence-corrected chi connectivity index (χ3v) is 3.52. The van der Waals surface area contributed by atoms with Crippen LogP contribution in [0.15, 0.2) is 78.9 Å². The van der Waals surface area contributed by atoms with Crippen LogP contribution >= 0.6 is 0 Å². The standard InChI is InChI=1S/C20H17NO3/c22-18-12-6-5-11-17(18)21-20(23)16-10-4-7-13-19(16)24-14-15-8-2-1-3-9-15/h1-13,22H,14H2,(H,21,23). The van der Waals surface area contributed by atoms with Crippen LogP contribution < -0.4 is 10.1 Å². The van der Waals surface area contributed by atoms with Crippen molar-refractivity contribution >= 4 is 11.6 Å². The molecule has 4 nitrogen and oxygen atoms in total. The molecule has 0 saturated carbocycles. The molecule has 0 bridgehead atoms. The van der Waals surface area contributed by atoms with Crippen LogP contribution in [0.4, 0.5) is 5.69 Å². The second-order valence-electron chi connectivity index (χ2n) is 5.24. The minimum atomic E-state index is -0.333. The summed E-state index contributed by atoms with van der Waals surface area (Å²) in [6.45, 7) is 0.377. The number of rotatable bonds is 5. The molecule has 120 valence electrons. The normalized spacial score (nSPS) is 10.2. The van der Waals surface area contributed by atoms with Crippen molar-refractivity contribution in [3.63, 3.8) is 0 Å². The average Bonchev–Trinajstić information content (AvgIpc) is 2.63. The van der Waals surface area contributed by atoms with Gasteiger partial charge in [0.2, 0.25) is 0 Å². The lowest BCUT2D eigenvalue weighted by molar-refractivity contribution is 0.102. The van der Waals surface area contributed by atoms with Gasteiger partial charge in [-0.05, 0) is 29.8 Å². The first-order valence-electron chi connectivity index (χ1n) is 7.59. The highest BCUT2D eigenvalue weighted by Gasteiger charge is 2.13. The SMILES string of the molecule is O=C(Nc1ccccc1O)c1ccccc1OCc1ccccc1. The number of aromatic hydroxyl groups is 1. The number of amides is 1. The molecule has 0 heterocycles. The summed E-state index contributed by atoms with van der Waals surface area (Å²) in [7, 11) is 0. The predicted molar refractivity (Wildman–Crippen MR) is 93.3 cm³/mol. The van der Waals surface area contributed by atoms with Gasteiger partial charge in [-0.15, -0.1) is 0 Å². The van der Waals surface area contributed by atoms with Crippen molar-refractivity contribution in [2.45, 2.75) is 6.61 Å². The Hall–Kier alpha value is -3.27. The number of ether oxygens (including phenoxy) is 1. The minimum Gasteiger partial charge on any atom is -0.506 e. The Morgan fingerprint density at radius 2 is 1.54 bits per heavy atom. The molecule has 3 aromatic carbocycles. The zero-order chi connectivity index (χ0) is 16.8. The number of benzene rings is 3. The molecule has 0 aliphatic carbocycles. The lowest BCUT2D eigenvalue weighted by Gasteiger charge is -2.12. The molecule has 0 fully saturated rings. The van der Waals surface area contributed by atoms with E-state index in [4.69, 9.17) is 4.74 Å². The molecule has 3 aromatic rings. The second-order valence-corrected chi connectivity index (χ2v) is 5.24. The smallest absolute Gasteiger partial charge is 0.259 e. The highest BCUT2D eigenvalue weighted by molar-refractivity contribution is 6.06. The third-order valence-electron chi connectivity index (χ3n) is 3.52. The predicted octanol–water partition coefficient (Wildman–Crippen LogP) is 4.22. The van der Waals surface area contributed by atoms with Gasteiger partial charge in [0, 0.05) is 0 Å². The maximum atomic E-state index is 12.5. The van der Waals surface area contributed by atoms with Crippen LogP contribution in [0.3, 0.4) is 0 Å². The van der Waals surface area contributed by atoms with E-state index >= 15 is 0 Å². The minimum absolute atomic E-state index is 0.0218. The number of anilines is 1. The summed E-state index contributed by atoms with van der Waals surface area (Å²) in [5.41, 5.74) is 1.80. The van der Waals surface area contributed by atoms with Crippen molar-refractivity contribution in [3.05, 3.63) is 90.0 Å². The highest BCUT2D eigenvalue weighted by Crippen LogP contribution is 2.25. The third kappa shape index (κ3) is 3.73. The number of para-hydroxylation sites is 3. The summed E-state index contributed by atoms with van der Waals surface area (Å²) in [5.74, 6) is 0.183. The summed E-state index contributed by atoms with van der Waals surface area (Å²) >= 11 is 0. The molecular weight excluding hydrogens is 302 g/mol. The molecule has 0 radical (unpaired) electrons. The summed E-state index contributed by atoms with van der Waals surface area (Å²) in [4.78, 5) is 12.5. The topological polar surface area (TPSA) is 58.6 Å². The molecule has 2 N–H and O–H groups in total. The maximum Gasteiger partial charge on any atom is 0.259 e. The summed E-state index contributed by atoms with van der Waals surface area (Å²) in [6, 6.07) is 23.4. The molecular formula is C20H17NO3. The Labute approximate surface area is 140 Å². The summed E-state index contributed by atoms with van der Waals surface area (Å²) in [5, 5.41) is 12.5. The number of carbonyl (C=O) groups excluding carboxylic acids is 1. The molecule has 4 heteroatoms.